The van der Waals surface area contributed by atoms with Crippen molar-refractivity contribution in [3.05, 3.63) is 29.3 Å². The highest BCUT2D eigenvalue weighted by molar-refractivity contribution is 5.99. The van der Waals surface area contributed by atoms with E-state index in [2.05, 4.69) is 17.6 Å². The summed E-state index contributed by atoms with van der Waals surface area (Å²) >= 11 is 0. The number of anilines is 1. The number of hydrogen-bond acceptors (Lipinski definition) is 2. The van der Waals surface area contributed by atoms with E-state index in [-0.39, 0.29) is 11.9 Å². The molecule has 19 heavy (non-hydrogen) atoms. The van der Waals surface area contributed by atoms with Crippen LogP contribution in [0.5, 0.6) is 0 Å². The maximum Gasteiger partial charge on any atom is 0.253 e. The minimum atomic E-state index is 0.0312. The second-order valence-electron chi connectivity index (χ2n) is 5.61. The van der Waals surface area contributed by atoms with Crippen molar-refractivity contribution in [2.45, 2.75) is 45.6 Å². The zero-order chi connectivity index (χ0) is 13.8. The maximum absolute atomic E-state index is 12.4. The molecule has 1 aromatic rings. The van der Waals surface area contributed by atoms with Gasteiger partial charge in [0.1, 0.15) is 0 Å². The Hall–Kier alpha value is -1.51. The van der Waals surface area contributed by atoms with Gasteiger partial charge in [-0.05, 0) is 50.3 Å². The number of aryl methyl sites for hydroxylation is 1. The van der Waals surface area contributed by atoms with Crippen molar-refractivity contribution in [1.82, 2.24) is 5.32 Å². The van der Waals surface area contributed by atoms with Crippen molar-refractivity contribution in [3.8, 4) is 0 Å². The summed E-state index contributed by atoms with van der Waals surface area (Å²) in [4.78, 5) is 12.4. The second-order valence-corrected chi connectivity index (χ2v) is 5.61. The topological polar surface area (TPSA) is 41.1 Å². The normalized spacial score (nSPS) is 17.2. The second kappa shape index (κ2) is 6.09. The highest BCUT2D eigenvalue weighted by Gasteiger charge is 2.23. The third-order valence-corrected chi connectivity index (χ3v) is 4.15. The summed E-state index contributed by atoms with van der Waals surface area (Å²) in [7, 11) is 1.85. The number of carbonyl (C=O) groups excluding carboxylic acids is 1. The predicted molar refractivity (Wildman–Crippen MR) is 79.6 cm³/mol. The van der Waals surface area contributed by atoms with Crippen molar-refractivity contribution in [3.63, 3.8) is 0 Å². The van der Waals surface area contributed by atoms with Gasteiger partial charge in [0.2, 0.25) is 0 Å². The first-order valence-electron chi connectivity index (χ1n) is 7.21. The molecule has 1 fully saturated rings. The fourth-order valence-electron chi connectivity index (χ4n) is 2.92. The summed E-state index contributed by atoms with van der Waals surface area (Å²) in [6.45, 7) is 4.16. The molecule has 3 nitrogen and oxygen atoms in total. The van der Waals surface area contributed by atoms with Crippen LogP contribution in [0.25, 0.3) is 0 Å². The van der Waals surface area contributed by atoms with Crippen molar-refractivity contribution in [2.75, 3.05) is 12.4 Å². The van der Waals surface area contributed by atoms with E-state index in [9.17, 15) is 4.79 Å². The molecule has 1 unspecified atom stereocenters. The molecule has 3 heteroatoms. The number of amides is 1. The van der Waals surface area contributed by atoms with Gasteiger partial charge in [0, 0.05) is 18.8 Å². The SMILES string of the molecule is CNc1cc(C)ccc1C(=O)NC(C)C1CCCC1. The molecule has 0 saturated heterocycles. The summed E-state index contributed by atoms with van der Waals surface area (Å²) < 4.78 is 0. The minimum absolute atomic E-state index is 0.0312. The molecule has 2 rings (SSSR count). The molecule has 0 aromatic heterocycles. The Bertz CT molecular complexity index is 450. The van der Waals surface area contributed by atoms with Crippen LogP contribution in [0.2, 0.25) is 0 Å². The van der Waals surface area contributed by atoms with E-state index < -0.39 is 0 Å². The van der Waals surface area contributed by atoms with Crippen molar-refractivity contribution >= 4 is 11.6 Å². The van der Waals surface area contributed by atoms with Gasteiger partial charge in [-0.2, -0.15) is 0 Å². The van der Waals surface area contributed by atoms with Crippen LogP contribution >= 0.6 is 0 Å². The van der Waals surface area contributed by atoms with Gasteiger partial charge in [0.15, 0.2) is 0 Å². The molecule has 0 aliphatic heterocycles. The first kappa shape index (κ1) is 13.9. The number of nitrogens with one attached hydrogen (secondary N) is 2. The Kier molecular flexibility index (Phi) is 4.46. The largest absolute Gasteiger partial charge is 0.387 e. The molecule has 0 bridgehead atoms. The molecule has 1 amide bonds. The summed E-state index contributed by atoms with van der Waals surface area (Å²) in [5.41, 5.74) is 2.79. The molecular weight excluding hydrogens is 236 g/mol. The Morgan fingerprint density at radius 2 is 2.00 bits per heavy atom. The predicted octanol–water partition coefficient (Wildman–Crippen LogP) is 3.35. The van der Waals surface area contributed by atoms with Crippen LogP contribution in [-0.4, -0.2) is 19.0 Å². The van der Waals surface area contributed by atoms with E-state index >= 15 is 0 Å². The fourth-order valence-corrected chi connectivity index (χ4v) is 2.92. The molecular formula is C16H24N2O. The molecule has 1 saturated carbocycles. The number of carbonyl (C=O) groups is 1. The lowest BCUT2D eigenvalue weighted by molar-refractivity contribution is 0.0928. The summed E-state index contributed by atoms with van der Waals surface area (Å²) in [6.07, 6.45) is 5.09. The van der Waals surface area contributed by atoms with E-state index in [0.717, 1.165) is 16.8 Å². The van der Waals surface area contributed by atoms with Crippen molar-refractivity contribution in [1.29, 1.82) is 0 Å². The molecule has 0 radical (unpaired) electrons. The van der Waals surface area contributed by atoms with Gasteiger partial charge in [0.25, 0.3) is 5.91 Å². The van der Waals surface area contributed by atoms with E-state index in [1.807, 2.05) is 32.2 Å². The molecule has 1 atom stereocenters. The van der Waals surface area contributed by atoms with E-state index in [1.54, 1.807) is 0 Å². The van der Waals surface area contributed by atoms with Crippen LogP contribution in [0.1, 0.15) is 48.5 Å². The Labute approximate surface area is 115 Å². The first-order chi connectivity index (χ1) is 9.11. The number of hydrogen-bond donors (Lipinski definition) is 2. The minimum Gasteiger partial charge on any atom is -0.387 e. The molecule has 0 heterocycles. The number of rotatable bonds is 4. The monoisotopic (exact) mass is 260 g/mol. The molecule has 1 aliphatic rings. The first-order valence-corrected chi connectivity index (χ1v) is 7.21. The molecule has 1 aliphatic carbocycles. The lowest BCUT2D eigenvalue weighted by atomic mass is 9.99. The third-order valence-electron chi connectivity index (χ3n) is 4.15. The van der Waals surface area contributed by atoms with Crippen molar-refractivity contribution < 1.29 is 4.79 Å². The van der Waals surface area contributed by atoms with Gasteiger partial charge in [-0.15, -0.1) is 0 Å². The zero-order valence-corrected chi connectivity index (χ0v) is 12.1. The summed E-state index contributed by atoms with van der Waals surface area (Å²) in [5.74, 6) is 0.677. The van der Waals surface area contributed by atoms with Crippen LogP contribution in [0.4, 0.5) is 5.69 Å². The van der Waals surface area contributed by atoms with Crippen molar-refractivity contribution in [2.24, 2.45) is 5.92 Å². The fraction of sp³-hybridized carbons (Fsp3) is 0.562. The van der Waals surface area contributed by atoms with Gasteiger partial charge in [-0.25, -0.2) is 0 Å². The molecule has 0 spiro atoms. The zero-order valence-electron chi connectivity index (χ0n) is 12.1. The lowest BCUT2D eigenvalue weighted by Crippen LogP contribution is -2.37. The van der Waals surface area contributed by atoms with E-state index in [4.69, 9.17) is 0 Å². The van der Waals surface area contributed by atoms with Gasteiger partial charge in [-0.1, -0.05) is 18.9 Å². The van der Waals surface area contributed by atoms with Gasteiger partial charge < -0.3 is 10.6 Å². The van der Waals surface area contributed by atoms with Crippen LogP contribution < -0.4 is 10.6 Å². The Balaban J connectivity index is 2.06. The average molecular weight is 260 g/mol. The number of benzene rings is 1. The van der Waals surface area contributed by atoms with E-state index in [0.29, 0.717) is 5.92 Å². The summed E-state index contributed by atoms with van der Waals surface area (Å²) in [5, 5.41) is 6.25. The molecule has 104 valence electrons. The van der Waals surface area contributed by atoms with Gasteiger partial charge in [0.05, 0.1) is 5.56 Å². The smallest absolute Gasteiger partial charge is 0.253 e. The lowest BCUT2D eigenvalue weighted by Gasteiger charge is -2.21. The van der Waals surface area contributed by atoms with Crippen LogP contribution in [0.15, 0.2) is 18.2 Å². The quantitative estimate of drug-likeness (QED) is 0.871. The summed E-state index contributed by atoms with van der Waals surface area (Å²) in [6, 6.07) is 6.16. The van der Waals surface area contributed by atoms with Crippen LogP contribution in [-0.2, 0) is 0 Å². The van der Waals surface area contributed by atoms with Crippen LogP contribution in [0.3, 0.4) is 0 Å². The highest BCUT2D eigenvalue weighted by atomic mass is 16.1. The Morgan fingerprint density at radius 1 is 1.32 bits per heavy atom. The Morgan fingerprint density at radius 3 is 2.63 bits per heavy atom. The third kappa shape index (κ3) is 3.28. The van der Waals surface area contributed by atoms with Gasteiger partial charge in [-0.3, -0.25) is 4.79 Å². The molecule has 1 aromatic carbocycles. The highest BCUT2D eigenvalue weighted by Crippen LogP contribution is 2.28. The van der Waals surface area contributed by atoms with Crippen LogP contribution in [0, 0.1) is 12.8 Å². The maximum atomic E-state index is 12.4. The molecule has 2 N–H and O–H groups in total. The van der Waals surface area contributed by atoms with E-state index in [1.165, 1.54) is 25.7 Å². The van der Waals surface area contributed by atoms with Gasteiger partial charge >= 0.3 is 0 Å². The average Bonchev–Trinajstić information content (AvgIpc) is 2.92. The standard InChI is InChI=1S/C16H24N2O/c1-11-8-9-14(15(10-11)17-3)16(19)18-12(2)13-6-4-5-7-13/h8-10,12-13,17H,4-7H2,1-3H3,(H,18,19).